The van der Waals surface area contributed by atoms with Crippen LogP contribution in [-0.4, -0.2) is 23.5 Å². The van der Waals surface area contributed by atoms with Crippen LogP contribution < -0.4 is 5.32 Å². The van der Waals surface area contributed by atoms with Crippen LogP contribution in [0.1, 0.15) is 44.6 Å². The lowest BCUT2D eigenvalue weighted by molar-refractivity contribution is -0.119. The SMILES string of the molecule is CC1CCCCC1NC(=O)CSCCCc1ccccc1. The highest BCUT2D eigenvalue weighted by atomic mass is 32.2. The fraction of sp³-hybridized carbons (Fsp3) is 0.611. The molecule has 0 heterocycles. The van der Waals surface area contributed by atoms with Gasteiger partial charge in [-0.25, -0.2) is 0 Å². The Kier molecular flexibility index (Phi) is 7.14. The van der Waals surface area contributed by atoms with Crippen molar-refractivity contribution in [3.63, 3.8) is 0 Å². The van der Waals surface area contributed by atoms with E-state index in [1.807, 2.05) is 0 Å². The van der Waals surface area contributed by atoms with E-state index in [2.05, 4.69) is 42.6 Å². The molecule has 1 aromatic rings. The Hall–Kier alpha value is -0.960. The van der Waals surface area contributed by atoms with Gasteiger partial charge in [0, 0.05) is 6.04 Å². The summed E-state index contributed by atoms with van der Waals surface area (Å²) in [5.74, 6) is 2.53. The topological polar surface area (TPSA) is 29.1 Å². The third-order valence-corrected chi connectivity index (χ3v) is 5.33. The molecule has 0 radical (unpaired) electrons. The van der Waals surface area contributed by atoms with Crippen LogP contribution in [0.25, 0.3) is 0 Å². The fourth-order valence-corrected chi connectivity index (χ4v) is 3.73. The molecule has 1 aromatic carbocycles. The van der Waals surface area contributed by atoms with E-state index >= 15 is 0 Å². The lowest BCUT2D eigenvalue weighted by Crippen LogP contribution is -2.41. The molecule has 1 aliphatic carbocycles. The van der Waals surface area contributed by atoms with Crippen molar-refractivity contribution in [3.8, 4) is 0 Å². The zero-order chi connectivity index (χ0) is 14.9. The van der Waals surface area contributed by atoms with Gasteiger partial charge in [-0.3, -0.25) is 4.79 Å². The van der Waals surface area contributed by atoms with Crippen molar-refractivity contribution in [2.75, 3.05) is 11.5 Å². The minimum absolute atomic E-state index is 0.221. The molecule has 2 rings (SSSR count). The third-order valence-electron chi connectivity index (χ3n) is 4.29. The molecule has 0 aliphatic heterocycles. The van der Waals surface area contributed by atoms with Gasteiger partial charge in [0.25, 0.3) is 0 Å². The van der Waals surface area contributed by atoms with Crippen LogP contribution in [-0.2, 0) is 11.2 Å². The maximum atomic E-state index is 12.0. The number of aryl methyl sites for hydroxylation is 1. The summed E-state index contributed by atoms with van der Waals surface area (Å²) >= 11 is 1.76. The van der Waals surface area contributed by atoms with Crippen LogP contribution in [0.3, 0.4) is 0 Å². The zero-order valence-electron chi connectivity index (χ0n) is 13.0. The number of rotatable bonds is 7. The number of carbonyl (C=O) groups is 1. The second-order valence-corrected chi connectivity index (χ2v) is 7.18. The summed E-state index contributed by atoms with van der Waals surface area (Å²) in [5.41, 5.74) is 1.39. The Balaban J connectivity index is 1.55. The van der Waals surface area contributed by atoms with Crippen LogP contribution in [0.5, 0.6) is 0 Å². The monoisotopic (exact) mass is 305 g/mol. The van der Waals surface area contributed by atoms with E-state index in [0.717, 1.165) is 25.0 Å². The average molecular weight is 305 g/mol. The van der Waals surface area contributed by atoms with Crippen LogP contribution in [0.2, 0.25) is 0 Å². The maximum absolute atomic E-state index is 12.0. The molecule has 0 bridgehead atoms. The summed E-state index contributed by atoms with van der Waals surface area (Å²) in [5, 5.41) is 3.22. The lowest BCUT2D eigenvalue weighted by Gasteiger charge is -2.29. The molecule has 116 valence electrons. The molecule has 0 aromatic heterocycles. The van der Waals surface area contributed by atoms with Gasteiger partial charge in [0.1, 0.15) is 0 Å². The Morgan fingerprint density at radius 3 is 2.76 bits per heavy atom. The minimum atomic E-state index is 0.221. The number of hydrogen-bond acceptors (Lipinski definition) is 2. The third kappa shape index (κ3) is 6.13. The summed E-state index contributed by atoms with van der Waals surface area (Å²) in [6, 6.07) is 11.0. The van der Waals surface area contributed by atoms with Gasteiger partial charge in [0.2, 0.25) is 5.91 Å². The standard InChI is InChI=1S/C18H27NOS/c1-15-8-5-6-12-17(15)19-18(20)14-21-13-7-11-16-9-3-2-4-10-16/h2-4,9-10,15,17H,5-8,11-14H2,1H3,(H,19,20). The van der Waals surface area contributed by atoms with E-state index < -0.39 is 0 Å². The van der Waals surface area contributed by atoms with E-state index in [1.54, 1.807) is 11.8 Å². The molecule has 1 N–H and O–H groups in total. The number of amides is 1. The van der Waals surface area contributed by atoms with Crippen LogP contribution in [0, 0.1) is 5.92 Å². The molecule has 1 saturated carbocycles. The first-order valence-electron chi connectivity index (χ1n) is 8.17. The molecule has 1 fully saturated rings. The largest absolute Gasteiger partial charge is 0.352 e. The highest BCUT2D eigenvalue weighted by Gasteiger charge is 2.22. The van der Waals surface area contributed by atoms with Crippen molar-refractivity contribution in [2.24, 2.45) is 5.92 Å². The van der Waals surface area contributed by atoms with Gasteiger partial charge >= 0.3 is 0 Å². The molecule has 1 aliphatic rings. The number of nitrogens with one attached hydrogen (secondary N) is 1. The highest BCUT2D eigenvalue weighted by Crippen LogP contribution is 2.23. The quantitative estimate of drug-likeness (QED) is 0.770. The van der Waals surface area contributed by atoms with Crippen LogP contribution in [0.15, 0.2) is 30.3 Å². The summed E-state index contributed by atoms with van der Waals surface area (Å²) in [7, 11) is 0. The number of hydrogen-bond donors (Lipinski definition) is 1. The van der Waals surface area contributed by atoms with Crippen LogP contribution in [0.4, 0.5) is 0 Å². The Morgan fingerprint density at radius 1 is 1.24 bits per heavy atom. The second-order valence-electron chi connectivity index (χ2n) is 6.08. The van der Waals surface area contributed by atoms with E-state index in [0.29, 0.717) is 17.7 Å². The average Bonchev–Trinajstić information content (AvgIpc) is 2.50. The molecule has 2 nitrogen and oxygen atoms in total. The first kappa shape index (κ1) is 16.4. The fourth-order valence-electron chi connectivity index (χ4n) is 2.97. The second kappa shape index (κ2) is 9.14. The smallest absolute Gasteiger partial charge is 0.230 e. The normalized spacial score (nSPS) is 22.0. The number of benzene rings is 1. The summed E-state index contributed by atoms with van der Waals surface area (Å²) < 4.78 is 0. The summed E-state index contributed by atoms with van der Waals surface area (Å²) in [6.07, 6.45) is 7.25. The molecule has 3 heteroatoms. The van der Waals surface area contributed by atoms with E-state index in [-0.39, 0.29) is 5.91 Å². The van der Waals surface area contributed by atoms with Gasteiger partial charge in [-0.15, -0.1) is 0 Å². The maximum Gasteiger partial charge on any atom is 0.230 e. The first-order valence-corrected chi connectivity index (χ1v) is 9.32. The molecule has 1 amide bonds. The highest BCUT2D eigenvalue weighted by molar-refractivity contribution is 7.99. The summed E-state index contributed by atoms with van der Waals surface area (Å²) in [4.78, 5) is 12.0. The van der Waals surface area contributed by atoms with E-state index in [9.17, 15) is 4.79 Å². The van der Waals surface area contributed by atoms with Crippen molar-refractivity contribution in [1.29, 1.82) is 0 Å². The van der Waals surface area contributed by atoms with Crippen molar-refractivity contribution in [1.82, 2.24) is 5.32 Å². The van der Waals surface area contributed by atoms with Crippen molar-refractivity contribution in [2.45, 2.75) is 51.5 Å². The Labute approximate surface area is 133 Å². The van der Waals surface area contributed by atoms with E-state index in [4.69, 9.17) is 0 Å². The molecule has 0 spiro atoms. The molecule has 2 unspecified atom stereocenters. The van der Waals surface area contributed by atoms with Crippen LogP contribution >= 0.6 is 11.8 Å². The molecule has 2 atom stereocenters. The lowest BCUT2D eigenvalue weighted by atomic mass is 9.86. The summed E-state index contributed by atoms with van der Waals surface area (Å²) in [6.45, 7) is 2.26. The van der Waals surface area contributed by atoms with Gasteiger partial charge in [0.15, 0.2) is 0 Å². The van der Waals surface area contributed by atoms with Crippen molar-refractivity contribution >= 4 is 17.7 Å². The minimum Gasteiger partial charge on any atom is -0.352 e. The Morgan fingerprint density at radius 2 is 2.00 bits per heavy atom. The number of thioether (sulfide) groups is 1. The predicted molar refractivity (Wildman–Crippen MR) is 91.7 cm³/mol. The molecule has 0 saturated heterocycles. The molecular weight excluding hydrogens is 278 g/mol. The molecular formula is C18H27NOS. The van der Waals surface area contributed by atoms with Gasteiger partial charge in [-0.1, -0.05) is 50.1 Å². The van der Waals surface area contributed by atoms with Gasteiger partial charge in [0.05, 0.1) is 5.75 Å². The van der Waals surface area contributed by atoms with Gasteiger partial charge in [-0.2, -0.15) is 11.8 Å². The van der Waals surface area contributed by atoms with Gasteiger partial charge < -0.3 is 5.32 Å². The van der Waals surface area contributed by atoms with Gasteiger partial charge in [-0.05, 0) is 42.9 Å². The zero-order valence-corrected chi connectivity index (χ0v) is 13.8. The van der Waals surface area contributed by atoms with Crippen molar-refractivity contribution < 1.29 is 4.79 Å². The molecule has 21 heavy (non-hydrogen) atoms. The number of carbonyl (C=O) groups excluding carboxylic acids is 1. The Bertz CT molecular complexity index is 420. The predicted octanol–water partition coefficient (Wildman–Crippen LogP) is 4.05. The van der Waals surface area contributed by atoms with Crippen molar-refractivity contribution in [3.05, 3.63) is 35.9 Å². The first-order chi connectivity index (χ1) is 10.3. The van der Waals surface area contributed by atoms with E-state index in [1.165, 1.54) is 24.8 Å².